The summed E-state index contributed by atoms with van der Waals surface area (Å²) in [5.41, 5.74) is 10.6. The first-order valence-corrected chi connectivity index (χ1v) is 4.72. The number of carbonyl (C=O) groups excluding carboxylic acids is 2. The maximum absolute atomic E-state index is 11.3. The number of anilines is 1. The van der Waals surface area contributed by atoms with Crippen molar-refractivity contribution in [3.8, 4) is 0 Å². The lowest BCUT2D eigenvalue weighted by molar-refractivity contribution is -0.148. The van der Waals surface area contributed by atoms with Gasteiger partial charge in [0, 0.05) is 6.20 Å². The summed E-state index contributed by atoms with van der Waals surface area (Å²) < 4.78 is 6.13. The van der Waals surface area contributed by atoms with Crippen molar-refractivity contribution in [2.45, 2.75) is 26.5 Å². The molecule has 0 aliphatic heterocycles. The Morgan fingerprint density at radius 2 is 2.19 bits per heavy atom. The fourth-order valence-corrected chi connectivity index (χ4v) is 1.14. The Kier molecular flexibility index (Phi) is 3.49. The number of nitrogens with two attached hydrogens (primary N) is 2. The van der Waals surface area contributed by atoms with Crippen molar-refractivity contribution in [2.75, 3.05) is 5.73 Å². The monoisotopic (exact) mass is 226 g/mol. The molecule has 7 nitrogen and oxygen atoms in total. The number of ether oxygens (including phenoxy) is 1. The molecule has 4 N–H and O–H groups in total. The highest BCUT2D eigenvalue weighted by molar-refractivity contribution is 5.95. The standard InChI is InChI=1S/C9H14N4O3/c1-5(2)16-7(14)4-13-3-6(10)8(12-13)9(11)15/h3,5H,4,10H2,1-2H3,(H2,11,15). The first-order chi connectivity index (χ1) is 7.40. The fraction of sp³-hybridized carbons (Fsp3) is 0.444. The van der Waals surface area contributed by atoms with E-state index in [2.05, 4.69) is 5.10 Å². The van der Waals surface area contributed by atoms with Crippen LogP contribution in [0.5, 0.6) is 0 Å². The van der Waals surface area contributed by atoms with Crippen LogP contribution in [-0.4, -0.2) is 27.8 Å². The zero-order chi connectivity index (χ0) is 12.3. The Morgan fingerprint density at radius 1 is 1.56 bits per heavy atom. The largest absolute Gasteiger partial charge is 0.462 e. The summed E-state index contributed by atoms with van der Waals surface area (Å²) in [6, 6.07) is 0. The molecular formula is C9H14N4O3. The molecule has 1 aromatic rings. The molecule has 1 rings (SSSR count). The molecular weight excluding hydrogens is 212 g/mol. The first kappa shape index (κ1) is 12.0. The van der Waals surface area contributed by atoms with Gasteiger partial charge in [-0.15, -0.1) is 0 Å². The highest BCUT2D eigenvalue weighted by atomic mass is 16.5. The van der Waals surface area contributed by atoms with Crippen LogP contribution in [0.15, 0.2) is 6.20 Å². The lowest BCUT2D eigenvalue weighted by Crippen LogP contribution is -2.19. The van der Waals surface area contributed by atoms with Crippen LogP contribution in [0.4, 0.5) is 5.69 Å². The maximum atomic E-state index is 11.3. The molecule has 1 heterocycles. The molecule has 0 aliphatic carbocycles. The van der Waals surface area contributed by atoms with Crippen LogP contribution >= 0.6 is 0 Å². The predicted octanol–water partition coefficient (Wildman–Crippen LogP) is -0.484. The van der Waals surface area contributed by atoms with Gasteiger partial charge in [-0.3, -0.25) is 14.3 Å². The van der Waals surface area contributed by atoms with Crippen molar-refractivity contribution >= 4 is 17.6 Å². The SMILES string of the molecule is CC(C)OC(=O)Cn1cc(N)c(C(N)=O)n1. The van der Waals surface area contributed by atoms with E-state index < -0.39 is 11.9 Å². The van der Waals surface area contributed by atoms with Crippen LogP contribution in [-0.2, 0) is 16.1 Å². The van der Waals surface area contributed by atoms with Crippen molar-refractivity contribution in [1.82, 2.24) is 9.78 Å². The number of hydrogen-bond acceptors (Lipinski definition) is 5. The normalized spacial score (nSPS) is 10.4. The second-order valence-corrected chi connectivity index (χ2v) is 3.53. The summed E-state index contributed by atoms with van der Waals surface area (Å²) in [7, 11) is 0. The van der Waals surface area contributed by atoms with E-state index in [1.807, 2.05) is 0 Å². The number of carbonyl (C=O) groups is 2. The van der Waals surface area contributed by atoms with E-state index in [1.54, 1.807) is 13.8 Å². The van der Waals surface area contributed by atoms with Crippen LogP contribution in [0.1, 0.15) is 24.3 Å². The van der Waals surface area contributed by atoms with Crippen LogP contribution in [0.25, 0.3) is 0 Å². The number of nitrogen functional groups attached to an aromatic ring is 1. The van der Waals surface area contributed by atoms with Gasteiger partial charge in [0.05, 0.1) is 11.8 Å². The molecule has 0 saturated heterocycles. The van der Waals surface area contributed by atoms with Gasteiger partial charge in [0.15, 0.2) is 5.69 Å². The topological polar surface area (TPSA) is 113 Å². The Bertz CT molecular complexity index is 411. The third-order valence-corrected chi connectivity index (χ3v) is 1.68. The van der Waals surface area contributed by atoms with Gasteiger partial charge in [-0.1, -0.05) is 0 Å². The minimum atomic E-state index is -0.728. The van der Waals surface area contributed by atoms with Gasteiger partial charge >= 0.3 is 5.97 Å². The van der Waals surface area contributed by atoms with Gasteiger partial charge in [-0.2, -0.15) is 5.10 Å². The summed E-state index contributed by atoms with van der Waals surface area (Å²) in [4.78, 5) is 22.1. The van der Waals surface area contributed by atoms with Gasteiger partial charge in [-0.05, 0) is 13.8 Å². The van der Waals surface area contributed by atoms with E-state index in [0.717, 1.165) is 0 Å². The molecule has 0 spiro atoms. The van der Waals surface area contributed by atoms with E-state index in [9.17, 15) is 9.59 Å². The number of primary amides is 1. The van der Waals surface area contributed by atoms with Crippen LogP contribution in [0, 0.1) is 0 Å². The van der Waals surface area contributed by atoms with Gasteiger partial charge in [0.2, 0.25) is 0 Å². The first-order valence-electron chi connectivity index (χ1n) is 4.72. The molecule has 0 radical (unpaired) electrons. The smallest absolute Gasteiger partial charge is 0.328 e. The lowest BCUT2D eigenvalue weighted by atomic mass is 10.4. The lowest BCUT2D eigenvalue weighted by Gasteiger charge is -2.07. The Hall–Kier alpha value is -2.05. The van der Waals surface area contributed by atoms with Gasteiger partial charge in [0.1, 0.15) is 6.54 Å². The zero-order valence-corrected chi connectivity index (χ0v) is 9.14. The maximum Gasteiger partial charge on any atom is 0.328 e. The molecule has 0 unspecified atom stereocenters. The fourth-order valence-electron chi connectivity index (χ4n) is 1.14. The summed E-state index contributed by atoms with van der Waals surface area (Å²) in [6.07, 6.45) is 1.16. The second-order valence-electron chi connectivity index (χ2n) is 3.53. The number of esters is 1. The molecule has 88 valence electrons. The van der Waals surface area contributed by atoms with Gasteiger partial charge in [-0.25, -0.2) is 0 Å². The Labute approximate surface area is 92.3 Å². The highest BCUT2D eigenvalue weighted by Crippen LogP contribution is 2.08. The molecule has 16 heavy (non-hydrogen) atoms. The molecule has 1 aromatic heterocycles. The van der Waals surface area contributed by atoms with Crippen LogP contribution in [0.2, 0.25) is 0 Å². The second kappa shape index (κ2) is 4.65. The number of rotatable bonds is 4. The third kappa shape index (κ3) is 2.97. The van der Waals surface area contributed by atoms with Gasteiger partial charge < -0.3 is 16.2 Å². The van der Waals surface area contributed by atoms with Crippen molar-refractivity contribution in [3.63, 3.8) is 0 Å². The molecule has 7 heteroatoms. The molecule has 0 fully saturated rings. The Balaban J connectivity index is 2.72. The Morgan fingerprint density at radius 3 is 2.62 bits per heavy atom. The minimum absolute atomic E-state index is 0.0441. The quantitative estimate of drug-likeness (QED) is 0.673. The summed E-state index contributed by atoms with van der Waals surface area (Å²) >= 11 is 0. The van der Waals surface area contributed by atoms with Gasteiger partial charge in [0.25, 0.3) is 5.91 Å². The number of amides is 1. The van der Waals surface area contributed by atoms with Crippen molar-refractivity contribution < 1.29 is 14.3 Å². The van der Waals surface area contributed by atoms with E-state index in [4.69, 9.17) is 16.2 Å². The van der Waals surface area contributed by atoms with Crippen LogP contribution < -0.4 is 11.5 Å². The number of nitrogens with zero attached hydrogens (tertiary/aromatic N) is 2. The predicted molar refractivity (Wildman–Crippen MR) is 56.4 cm³/mol. The molecule has 0 bridgehead atoms. The van der Waals surface area contributed by atoms with E-state index in [-0.39, 0.29) is 24.0 Å². The molecule has 0 atom stereocenters. The summed E-state index contributed by atoms with van der Waals surface area (Å²) in [6.45, 7) is 3.38. The highest BCUT2D eigenvalue weighted by Gasteiger charge is 2.14. The summed E-state index contributed by atoms with van der Waals surface area (Å²) in [5, 5.41) is 3.77. The number of hydrogen-bond donors (Lipinski definition) is 2. The third-order valence-electron chi connectivity index (χ3n) is 1.68. The molecule has 1 amide bonds. The van der Waals surface area contributed by atoms with Crippen molar-refractivity contribution in [1.29, 1.82) is 0 Å². The summed E-state index contributed by atoms with van der Waals surface area (Å²) in [5.74, 6) is -1.18. The average molecular weight is 226 g/mol. The number of aromatic nitrogens is 2. The van der Waals surface area contributed by atoms with Crippen LogP contribution in [0.3, 0.4) is 0 Å². The van der Waals surface area contributed by atoms with E-state index in [1.165, 1.54) is 10.9 Å². The van der Waals surface area contributed by atoms with E-state index in [0.29, 0.717) is 0 Å². The minimum Gasteiger partial charge on any atom is -0.462 e. The zero-order valence-electron chi connectivity index (χ0n) is 9.14. The van der Waals surface area contributed by atoms with E-state index >= 15 is 0 Å². The van der Waals surface area contributed by atoms with Crippen molar-refractivity contribution in [3.05, 3.63) is 11.9 Å². The molecule has 0 aromatic carbocycles. The average Bonchev–Trinajstić information content (AvgIpc) is 2.44. The molecule has 0 saturated carbocycles. The molecule has 0 aliphatic rings. The van der Waals surface area contributed by atoms with Crippen molar-refractivity contribution in [2.24, 2.45) is 5.73 Å².